The molecule has 4 N–H and O–H groups in total. The summed E-state index contributed by atoms with van der Waals surface area (Å²) in [6.07, 6.45) is 0. The van der Waals surface area contributed by atoms with E-state index in [9.17, 15) is 9.90 Å². The van der Waals surface area contributed by atoms with Crippen LogP contribution in [0.2, 0.25) is 0 Å². The van der Waals surface area contributed by atoms with Gasteiger partial charge in [-0.3, -0.25) is 10.1 Å². The molecule has 0 aliphatic heterocycles. The van der Waals surface area contributed by atoms with E-state index in [4.69, 9.17) is 10.5 Å². The number of benzene rings is 2. The average Bonchev–Trinajstić information content (AvgIpc) is 2.97. The molecule has 0 spiro atoms. The molecule has 3 aromatic rings. The predicted molar refractivity (Wildman–Crippen MR) is 113 cm³/mol. The van der Waals surface area contributed by atoms with E-state index in [0.29, 0.717) is 24.7 Å². The van der Waals surface area contributed by atoms with E-state index < -0.39 is 17.6 Å². The number of fused-ring (bicyclic) bond motifs is 1. The van der Waals surface area contributed by atoms with E-state index in [1.807, 2.05) is 54.0 Å². The van der Waals surface area contributed by atoms with Gasteiger partial charge in [-0.1, -0.05) is 17.7 Å². The molecule has 1 atom stereocenters. The molecule has 7 heteroatoms. The monoisotopic (exact) mass is 396 g/mol. The number of nitrogens with zero attached hydrogens (tertiary/aromatic N) is 2. The molecule has 1 amide bonds. The van der Waals surface area contributed by atoms with E-state index in [-0.39, 0.29) is 0 Å². The second-order valence-electron chi connectivity index (χ2n) is 8.00. The first-order chi connectivity index (χ1) is 13.6. The number of carbonyl (C=O) groups excluding carboxylic acids is 1. The summed E-state index contributed by atoms with van der Waals surface area (Å²) < 4.78 is 7.93. The van der Waals surface area contributed by atoms with Gasteiger partial charge in [0.1, 0.15) is 17.3 Å². The Labute approximate surface area is 170 Å². The highest BCUT2D eigenvalue weighted by molar-refractivity contribution is 5.79. The van der Waals surface area contributed by atoms with Crippen LogP contribution in [0.15, 0.2) is 42.5 Å². The maximum absolute atomic E-state index is 11.3. The summed E-state index contributed by atoms with van der Waals surface area (Å²) in [7, 11) is 0. The van der Waals surface area contributed by atoms with Crippen LogP contribution < -0.4 is 15.8 Å². The molecular formula is C22H28N4O3. The summed E-state index contributed by atoms with van der Waals surface area (Å²) in [6, 6.07) is 13.0. The minimum Gasteiger partial charge on any atom is -0.457 e. The number of primary amides is 1. The lowest BCUT2D eigenvalue weighted by atomic mass is 10.1. The molecule has 0 unspecified atom stereocenters. The molecule has 7 nitrogen and oxygen atoms in total. The molecule has 154 valence electrons. The number of hydrogen-bond donors (Lipinski definition) is 3. The van der Waals surface area contributed by atoms with E-state index in [1.165, 1.54) is 5.56 Å². The third kappa shape index (κ3) is 5.34. The van der Waals surface area contributed by atoms with Crippen LogP contribution in [0.5, 0.6) is 11.5 Å². The highest BCUT2D eigenvalue weighted by atomic mass is 16.5. The summed E-state index contributed by atoms with van der Waals surface area (Å²) in [5, 5.41) is 13.5. The molecule has 0 aliphatic rings. The molecule has 1 aromatic heterocycles. The van der Waals surface area contributed by atoms with Crippen molar-refractivity contribution in [2.75, 3.05) is 0 Å². The van der Waals surface area contributed by atoms with E-state index in [0.717, 1.165) is 16.8 Å². The Morgan fingerprint density at radius 1 is 1.24 bits per heavy atom. The number of aliphatic hydroxyl groups is 1. The van der Waals surface area contributed by atoms with Crippen molar-refractivity contribution >= 4 is 16.9 Å². The lowest BCUT2D eigenvalue weighted by Crippen LogP contribution is -2.39. The Bertz CT molecular complexity index is 1000. The van der Waals surface area contributed by atoms with Crippen LogP contribution in [0.25, 0.3) is 11.0 Å². The number of rotatable bonds is 8. The number of ether oxygens (including phenoxy) is 1. The van der Waals surface area contributed by atoms with Crippen molar-refractivity contribution in [2.45, 2.75) is 52.4 Å². The summed E-state index contributed by atoms with van der Waals surface area (Å²) >= 11 is 0. The van der Waals surface area contributed by atoms with Crippen molar-refractivity contribution < 1.29 is 14.6 Å². The standard InChI is InChI=1S/C22H28N4O3/c1-14-5-7-16(8-6-14)29-17-9-10-18-19(11-17)26(13-22(3,4)28)20(25-18)12-24-15(2)21(23)27/h5-11,15,24,28H,12-13H2,1-4H3,(H2,23,27)/t15-/m0/s1. The zero-order valence-electron chi connectivity index (χ0n) is 17.3. The number of hydrogen-bond acceptors (Lipinski definition) is 5. The second-order valence-corrected chi connectivity index (χ2v) is 8.00. The highest BCUT2D eigenvalue weighted by Gasteiger charge is 2.20. The van der Waals surface area contributed by atoms with Crippen LogP contribution in [0.4, 0.5) is 0 Å². The number of carbonyl (C=O) groups is 1. The first kappa shape index (κ1) is 20.8. The number of aromatic nitrogens is 2. The van der Waals surface area contributed by atoms with Crippen LogP contribution in [0, 0.1) is 6.92 Å². The average molecular weight is 396 g/mol. The van der Waals surface area contributed by atoms with Crippen LogP contribution >= 0.6 is 0 Å². The lowest BCUT2D eigenvalue weighted by Gasteiger charge is -2.21. The first-order valence-corrected chi connectivity index (χ1v) is 9.61. The Morgan fingerprint density at radius 2 is 1.90 bits per heavy atom. The van der Waals surface area contributed by atoms with Gasteiger partial charge in [-0.15, -0.1) is 0 Å². The van der Waals surface area contributed by atoms with Crippen LogP contribution in [0.1, 0.15) is 32.2 Å². The van der Waals surface area contributed by atoms with Gasteiger partial charge in [-0.25, -0.2) is 4.98 Å². The molecule has 29 heavy (non-hydrogen) atoms. The molecule has 2 aromatic carbocycles. The Hall–Kier alpha value is -2.90. The van der Waals surface area contributed by atoms with Crippen LogP contribution in [-0.2, 0) is 17.9 Å². The van der Waals surface area contributed by atoms with Gasteiger partial charge in [-0.2, -0.15) is 0 Å². The number of imidazole rings is 1. The Kier molecular flexibility index (Phi) is 5.91. The normalized spacial score (nSPS) is 12.9. The van der Waals surface area contributed by atoms with E-state index in [1.54, 1.807) is 20.8 Å². The molecule has 1 heterocycles. The maximum atomic E-state index is 11.3. The number of aryl methyl sites for hydroxylation is 1. The predicted octanol–water partition coefficient (Wildman–Crippen LogP) is 2.87. The van der Waals surface area contributed by atoms with Gasteiger partial charge in [0.15, 0.2) is 0 Å². The first-order valence-electron chi connectivity index (χ1n) is 9.61. The summed E-state index contributed by atoms with van der Waals surface area (Å²) in [5.41, 5.74) is 7.19. The van der Waals surface area contributed by atoms with Crippen LogP contribution in [-0.4, -0.2) is 32.2 Å². The van der Waals surface area contributed by atoms with Crippen molar-refractivity contribution in [1.29, 1.82) is 0 Å². The summed E-state index contributed by atoms with van der Waals surface area (Å²) in [6.45, 7) is 7.92. The molecule has 0 saturated carbocycles. The minimum atomic E-state index is -0.939. The van der Waals surface area contributed by atoms with Gasteiger partial charge in [0.2, 0.25) is 5.91 Å². The highest BCUT2D eigenvalue weighted by Crippen LogP contribution is 2.27. The zero-order valence-corrected chi connectivity index (χ0v) is 17.3. The van der Waals surface area contributed by atoms with Crippen molar-refractivity contribution in [2.24, 2.45) is 5.73 Å². The van der Waals surface area contributed by atoms with E-state index >= 15 is 0 Å². The molecule has 0 aliphatic carbocycles. The summed E-state index contributed by atoms with van der Waals surface area (Å²) in [4.78, 5) is 16.0. The minimum absolute atomic E-state index is 0.347. The van der Waals surface area contributed by atoms with Crippen molar-refractivity contribution in [3.63, 3.8) is 0 Å². The van der Waals surface area contributed by atoms with Crippen LogP contribution in [0.3, 0.4) is 0 Å². The number of nitrogens with one attached hydrogen (secondary N) is 1. The topological polar surface area (TPSA) is 102 Å². The smallest absolute Gasteiger partial charge is 0.234 e. The van der Waals surface area contributed by atoms with Gasteiger partial charge >= 0.3 is 0 Å². The fourth-order valence-corrected chi connectivity index (χ4v) is 3.00. The van der Waals surface area contributed by atoms with Crippen molar-refractivity contribution in [3.05, 3.63) is 53.9 Å². The number of nitrogens with two attached hydrogens (primary N) is 1. The molecule has 3 rings (SSSR count). The molecular weight excluding hydrogens is 368 g/mol. The fraction of sp³-hybridized carbons (Fsp3) is 0.364. The van der Waals surface area contributed by atoms with Gasteiger partial charge in [0, 0.05) is 6.07 Å². The zero-order chi connectivity index (χ0) is 21.2. The van der Waals surface area contributed by atoms with Crippen molar-refractivity contribution in [1.82, 2.24) is 14.9 Å². The second kappa shape index (κ2) is 8.23. The quantitative estimate of drug-likeness (QED) is 0.543. The fourth-order valence-electron chi connectivity index (χ4n) is 3.00. The largest absolute Gasteiger partial charge is 0.457 e. The lowest BCUT2D eigenvalue weighted by molar-refractivity contribution is -0.119. The molecule has 0 radical (unpaired) electrons. The molecule has 0 fully saturated rings. The Morgan fingerprint density at radius 3 is 2.52 bits per heavy atom. The third-order valence-corrected chi connectivity index (χ3v) is 4.59. The third-order valence-electron chi connectivity index (χ3n) is 4.59. The van der Waals surface area contributed by atoms with Gasteiger partial charge < -0.3 is 20.1 Å². The SMILES string of the molecule is Cc1ccc(Oc2ccc3nc(CN[C@@H](C)C(N)=O)n(CC(C)(C)O)c3c2)cc1. The van der Waals surface area contributed by atoms with Gasteiger partial charge in [-0.05, 0) is 52.0 Å². The van der Waals surface area contributed by atoms with Crippen molar-refractivity contribution in [3.8, 4) is 11.5 Å². The summed E-state index contributed by atoms with van der Waals surface area (Å²) in [5.74, 6) is 1.72. The number of amides is 1. The van der Waals surface area contributed by atoms with E-state index in [2.05, 4.69) is 10.3 Å². The Balaban J connectivity index is 1.94. The van der Waals surface area contributed by atoms with Gasteiger partial charge in [0.05, 0.1) is 35.8 Å². The maximum Gasteiger partial charge on any atom is 0.234 e. The molecule has 0 saturated heterocycles. The van der Waals surface area contributed by atoms with Gasteiger partial charge in [0.25, 0.3) is 0 Å². The molecule has 0 bridgehead atoms.